The van der Waals surface area contributed by atoms with E-state index in [-0.39, 0.29) is 83.4 Å². The summed E-state index contributed by atoms with van der Waals surface area (Å²) in [4.78, 5) is 4.97. The van der Waals surface area contributed by atoms with E-state index in [1.165, 1.54) is 70.0 Å². The molecule has 57 heavy (non-hydrogen) atoms. The molecule has 0 spiro atoms. The molecule has 9 heteroatoms. The third kappa shape index (κ3) is 18.6. The number of halogens is 1. The van der Waals surface area contributed by atoms with Crippen molar-refractivity contribution < 1.29 is 87.9 Å². The fourth-order valence-corrected chi connectivity index (χ4v) is 10.7. The Balaban J connectivity index is 0.000000485. The largest absolute Gasteiger partial charge is 2.00 e. The van der Waals surface area contributed by atoms with E-state index in [4.69, 9.17) is 20.9 Å². The summed E-state index contributed by atoms with van der Waals surface area (Å²) in [5, 5.41) is 21.0. The molecule has 0 aromatic heterocycles. The Labute approximate surface area is 404 Å². The van der Waals surface area contributed by atoms with E-state index < -0.39 is 0 Å². The van der Waals surface area contributed by atoms with Gasteiger partial charge in [0, 0.05) is 0 Å². The SMILES string of the molecule is CCCCCCN(/N=C/c1[c-]ccc(C2CCC(C(C)(C)C[N+](C)(C)C)CC2)c1)C1=Nc2ccccc2[I-]1.Cc1cc[c-]cc1.N=[C-]C1CCC([C-]=N)CC1.[U+2].[U+2]. The average Bonchev–Trinajstić information content (AvgIpc) is 3.62. The smallest absolute Gasteiger partial charge is 0.518 e. The first-order chi connectivity index (χ1) is 26.4. The number of nitrogens with zero attached hydrogens (tertiary/aromatic N) is 4. The van der Waals surface area contributed by atoms with E-state index in [1.807, 2.05) is 30.5 Å². The van der Waals surface area contributed by atoms with E-state index in [9.17, 15) is 0 Å². The summed E-state index contributed by atoms with van der Waals surface area (Å²) in [5.74, 6) is 2.19. The van der Waals surface area contributed by atoms with Gasteiger partial charge in [0.15, 0.2) is 0 Å². The number of unbranched alkanes of at least 4 members (excludes halogenated alkanes) is 3. The summed E-state index contributed by atoms with van der Waals surface area (Å²) in [5.41, 5.74) is 5.36. The van der Waals surface area contributed by atoms with Gasteiger partial charge in [0.05, 0.1) is 27.7 Å². The van der Waals surface area contributed by atoms with Crippen LogP contribution in [0, 0.1) is 119 Å². The maximum absolute atomic E-state index is 6.90. The number of quaternary nitrogens is 1. The molecule has 0 radical (unpaired) electrons. The molecular formula is C48H67IN6U2. The summed E-state index contributed by atoms with van der Waals surface area (Å²) in [6.45, 7) is 11.5. The zero-order valence-electron chi connectivity index (χ0n) is 35.8. The molecular weight excluding hydrogens is 1260 g/mol. The van der Waals surface area contributed by atoms with Crippen LogP contribution in [0.4, 0.5) is 5.69 Å². The van der Waals surface area contributed by atoms with Crippen molar-refractivity contribution in [2.45, 2.75) is 111 Å². The van der Waals surface area contributed by atoms with Crippen molar-refractivity contribution in [3.05, 3.63) is 99.1 Å². The Kier molecular flexibility index (Phi) is 24.7. The summed E-state index contributed by atoms with van der Waals surface area (Å²) in [6, 6.07) is 29.6. The Bertz CT molecular complexity index is 1640. The fourth-order valence-electron chi connectivity index (χ4n) is 8.20. The van der Waals surface area contributed by atoms with Crippen LogP contribution in [0.3, 0.4) is 0 Å². The molecule has 3 aliphatic rings. The molecule has 1 heterocycles. The number of para-hydroxylation sites is 1. The van der Waals surface area contributed by atoms with Crippen LogP contribution < -0.4 is 21.2 Å². The van der Waals surface area contributed by atoms with Gasteiger partial charge in [-0.15, -0.1) is 0 Å². The summed E-state index contributed by atoms with van der Waals surface area (Å²) < 4.78 is 3.62. The first kappa shape index (κ1) is 52.1. The van der Waals surface area contributed by atoms with E-state index in [2.05, 4.69) is 121 Å². The number of benzene rings is 3. The molecule has 2 N–H and O–H groups in total. The summed E-state index contributed by atoms with van der Waals surface area (Å²) in [6.07, 6.45) is 21.3. The monoisotopic (exact) mass is 1330 g/mol. The van der Waals surface area contributed by atoms with E-state index in [1.54, 1.807) is 0 Å². The first-order valence-corrected chi connectivity index (χ1v) is 22.8. The van der Waals surface area contributed by atoms with Crippen LogP contribution in [0.15, 0.2) is 76.8 Å². The zero-order chi connectivity index (χ0) is 39.7. The predicted octanol–water partition coefficient (Wildman–Crippen LogP) is 8.31. The van der Waals surface area contributed by atoms with Crippen molar-refractivity contribution in [2.24, 2.45) is 33.3 Å². The number of aryl methyl sites for hydroxylation is 1. The molecule has 6 rings (SSSR count). The van der Waals surface area contributed by atoms with Gasteiger partial charge in [-0.3, -0.25) is 0 Å². The maximum Gasteiger partial charge on any atom is 2.00 e. The number of hydrogen-bond donors (Lipinski definition) is 2. The van der Waals surface area contributed by atoms with E-state index in [0.717, 1.165) is 60.3 Å². The molecule has 0 saturated heterocycles. The third-order valence-electron chi connectivity index (χ3n) is 11.1. The van der Waals surface area contributed by atoms with Crippen molar-refractivity contribution in [1.29, 1.82) is 10.8 Å². The number of fused-ring (bicyclic) bond motifs is 1. The zero-order valence-corrected chi connectivity index (χ0v) is 46.3. The van der Waals surface area contributed by atoms with Gasteiger partial charge in [0.1, 0.15) is 0 Å². The molecule has 3 aromatic carbocycles. The van der Waals surface area contributed by atoms with Crippen LogP contribution >= 0.6 is 0 Å². The number of amidine groups is 1. The molecule has 0 bridgehead atoms. The van der Waals surface area contributed by atoms with E-state index in [0.29, 0.717) is 23.2 Å². The van der Waals surface area contributed by atoms with Gasteiger partial charge in [-0.25, -0.2) is 0 Å². The third-order valence-corrected chi connectivity index (χ3v) is 13.9. The number of rotatable bonds is 13. The first-order valence-electron chi connectivity index (χ1n) is 20.6. The Morgan fingerprint density at radius 1 is 0.877 bits per heavy atom. The van der Waals surface area contributed by atoms with Crippen LogP contribution in [0.25, 0.3) is 0 Å². The topological polar surface area (TPSA) is 75.7 Å². The fraction of sp³-hybridized carbons (Fsp3) is 0.542. The minimum atomic E-state index is -0.282. The molecule has 2 aliphatic carbocycles. The Morgan fingerprint density at radius 2 is 1.51 bits per heavy atom. The van der Waals surface area contributed by atoms with Crippen molar-refractivity contribution in [1.82, 2.24) is 5.01 Å². The molecule has 2 saturated carbocycles. The van der Waals surface area contributed by atoms with Gasteiger partial charge in [-0.05, 0) is 0 Å². The van der Waals surface area contributed by atoms with Gasteiger partial charge in [-0.2, -0.15) is 47.7 Å². The molecule has 1 aliphatic heterocycles. The molecule has 3 aromatic rings. The maximum atomic E-state index is 6.90. The van der Waals surface area contributed by atoms with Crippen molar-refractivity contribution in [2.75, 3.05) is 34.2 Å². The molecule has 304 valence electrons. The molecule has 0 unspecified atom stereocenters. The van der Waals surface area contributed by atoms with Gasteiger partial charge in [-0.1, -0.05) is 46.5 Å². The number of hydrazone groups is 1. The molecule has 0 atom stereocenters. The molecule has 2 fully saturated rings. The number of hydrogen-bond acceptors (Lipinski definition) is 5. The van der Waals surface area contributed by atoms with Crippen molar-refractivity contribution in [3.63, 3.8) is 0 Å². The quantitative estimate of drug-likeness (QED) is 0.0338. The normalized spacial score (nSPS) is 20.4. The number of aliphatic imine (C=N–C) groups is 1. The second-order valence-corrected chi connectivity index (χ2v) is 20.0. The van der Waals surface area contributed by atoms with Gasteiger partial charge < -0.3 is 27.7 Å². The summed E-state index contributed by atoms with van der Waals surface area (Å²) >= 11 is -0.282. The van der Waals surface area contributed by atoms with Crippen molar-refractivity contribution in [3.8, 4) is 0 Å². The van der Waals surface area contributed by atoms with Crippen LogP contribution in [-0.2, 0) is 0 Å². The standard InChI is InChI=1S/C33H48IN4.C8H12N2.C7H7.2U/c1-7-8-9-12-22-37(32-34-30-16-10-11-17-31(30)36-32)35-24-26-14-13-15-28(23-26)27-18-20-29(21-19-27)33(2,3)25-38(4,5)6;9-5-7-1-2-8(6-10)4-3-7;1-7-5-3-2-4-6-7;;/h10-11,13,15-17,23-24,27,29H,7-9,12,18-22,25H2,1-6H3;7-10H,1-4H2;3-6H,1H3;;/q-1;-2;-1;2*+2/b35-24+;;;;. The number of nitrogens with one attached hydrogen (secondary N) is 2. The Morgan fingerprint density at radius 3 is 2.05 bits per heavy atom. The van der Waals surface area contributed by atoms with Crippen LogP contribution in [0.5, 0.6) is 0 Å². The molecule has 0 amide bonds. The Hall–Kier alpha value is -1.07. The molecule has 6 nitrogen and oxygen atoms in total. The predicted molar refractivity (Wildman–Crippen MR) is 228 cm³/mol. The van der Waals surface area contributed by atoms with Gasteiger partial charge >= 0.3 is 260 Å². The van der Waals surface area contributed by atoms with Gasteiger partial charge in [0.25, 0.3) is 0 Å². The minimum Gasteiger partial charge on any atom is -0.518 e. The second kappa shape index (κ2) is 27.0. The minimum absolute atomic E-state index is 0. The summed E-state index contributed by atoms with van der Waals surface area (Å²) in [7, 11) is 6.97. The van der Waals surface area contributed by atoms with Crippen LogP contribution in [-0.4, -0.2) is 66.2 Å². The van der Waals surface area contributed by atoms with Crippen LogP contribution in [0.1, 0.15) is 120 Å². The second-order valence-electron chi connectivity index (χ2n) is 17.3. The average molecular weight is 1330 g/mol. The van der Waals surface area contributed by atoms with E-state index >= 15 is 0 Å². The van der Waals surface area contributed by atoms with Crippen LogP contribution in [0.2, 0.25) is 0 Å². The van der Waals surface area contributed by atoms with Crippen molar-refractivity contribution >= 4 is 28.2 Å². The van der Waals surface area contributed by atoms with Gasteiger partial charge in [0.2, 0.25) is 0 Å².